The zero-order chi connectivity index (χ0) is 15.8. The summed E-state index contributed by atoms with van der Waals surface area (Å²) in [4.78, 5) is 23.5. The molecule has 114 valence electrons. The summed E-state index contributed by atoms with van der Waals surface area (Å²) in [5, 5.41) is 8.63. The molecule has 1 saturated carbocycles. The Labute approximate surface area is 119 Å². The van der Waals surface area contributed by atoms with E-state index >= 15 is 0 Å². The first kappa shape index (κ1) is 15.3. The Bertz CT molecular complexity index is 571. The van der Waals surface area contributed by atoms with Crippen LogP contribution >= 0.6 is 0 Å². The van der Waals surface area contributed by atoms with Crippen LogP contribution in [-0.4, -0.2) is 35.5 Å². The van der Waals surface area contributed by atoms with Gasteiger partial charge in [-0.3, -0.25) is 9.59 Å². The highest BCUT2D eigenvalue weighted by Gasteiger charge is 2.48. The van der Waals surface area contributed by atoms with Crippen LogP contribution in [0.2, 0.25) is 0 Å². The zero-order valence-corrected chi connectivity index (χ0v) is 11.2. The molecule has 1 fully saturated rings. The predicted octanol–water partition coefficient (Wildman–Crippen LogP) is 2.35. The fourth-order valence-electron chi connectivity index (χ4n) is 2.45. The van der Waals surface area contributed by atoms with E-state index in [2.05, 4.69) is 0 Å². The Kier molecular flexibility index (Phi) is 3.93. The monoisotopic (exact) mass is 301 g/mol. The quantitative estimate of drug-likeness (QED) is 0.928. The van der Waals surface area contributed by atoms with Gasteiger partial charge >= 0.3 is 12.1 Å². The van der Waals surface area contributed by atoms with Gasteiger partial charge in [-0.15, -0.1) is 0 Å². The molecule has 2 rings (SSSR count). The normalized spacial score (nSPS) is 21.0. The van der Waals surface area contributed by atoms with Crippen molar-refractivity contribution in [1.29, 1.82) is 0 Å². The molecule has 2 atom stereocenters. The molecule has 0 radical (unpaired) electrons. The minimum Gasteiger partial charge on any atom is -0.480 e. The number of nitrogens with zero attached hydrogens (tertiary/aromatic N) is 1. The van der Waals surface area contributed by atoms with Crippen LogP contribution in [0.1, 0.15) is 23.5 Å². The summed E-state index contributed by atoms with van der Waals surface area (Å²) in [6.45, 7) is -0.455. The first-order valence-electron chi connectivity index (χ1n) is 6.34. The van der Waals surface area contributed by atoms with E-state index in [0.29, 0.717) is 6.42 Å². The average molecular weight is 301 g/mol. The smallest absolute Gasteiger partial charge is 0.416 e. The number of benzene rings is 1. The SMILES string of the molecule is CN(CC(=O)O)C(=O)[C@@H]1C[C@H]1c1ccccc1C(F)(F)F. The Morgan fingerprint density at radius 2 is 1.95 bits per heavy atom. The Morgan fingerprint density at radius 3 is 2.52 bits per heavy atom. The summed E-state index contributed by atoms with van der Waals surface area (Å²) >= 11 is 0. The van der Waals surface area contributed by atoms with Crippen molar-refractivity contribution < 1.29 is 27.9 Å². The Hall–Kier alpha value is -2.05. The number of halogens is 3. The molecule has 1 N–H and O–H groups in total. The van der Waals surface area contributed by atoms with Gasteiger partial charge in [0.1, 0.15) is 6.54 Å². The fraction of sp³-hybridized carbons (Fsp3) is 0.429. The van der Waals surface area contributed by atoms with Crippen molar-refractivity contribution in [2.24, 2.45) is 5.92 Å². The zero-order valence-electron chi connectivity index (χ0n) is 11.2. The number of carboxylic acids is 1. The molecular formula is C14H14F3NO3. The van der Waals surface area contributed by atoms with Crippen LogP contribution < -0.4 is 0 Å². The van der Waals surface area contributed by atoms with Crippen molar-refractivity contribution in [3.63, 3.8) is 0 Å². The van der Waals surface area contributed by atoms with E-state index in [9.17, 15) is 22.8 Å². The van der Waals surface area contributed by atoms with Gasteiger partial charge in [-0.05, 0) is 24.0 Å². The maximum absolute atomic E-state index is 12.9. The number of alkyl halides is 3. The molecule has 0 heterocycles. The van der Waals surface area contributed by atoms with Gasteiger partial charge in [-0.2, -0.15) is 13.2 Å². The van der Waals surface area contributed by atoms with E-state index in [1.807, 2.05) is 0 Å². The topological polar surface area (TPSA) is 57.6 Å². The van der Waals surface area contributed by atoms with Crippen LogP contribution in [0.4, 0.5) is 13.2 Å². The third-order valence-corrected chi connectivity index (χ3v) is 3.52. The van der Waals surface area contributed by atoms with Crippen LogP contribution in [0, 0.1) is 5.92 Å². The van der Waals surface area contributed by atoms with Crippen LogP contribution in [0.25, 0.3) is 0 Å². The Balaban J connectivity index is 2.14. The molecule has 0 unspecified atom stereocenters. The molecular weight excluding hydrogens is 287 g/mol. The number of aliphatic carboxylic acids is 1. The molecule has 1 aromatic carbocycles. The van der Waals surface area contributed by atoms with E-state index in [1.54, 1.807) is 0 Å². The number of carbonyl (C=O) groups excluding carboxylic acids is 1. The molecule has 0 bridgehead atoms. The second kappa shape index (κ2) is 5.38. The van der Waals surface area contributed by atoms with Gasteiger partial charge in [0.25, 0.3) is 0 Å². The van der Waals surface area contributed by atoms with E-state index < -0.39 is 42.0 Å². The highest BCUT2D eigenvalue weighted by molar-refractivity contribution is 5.86. The van der Waals surface area contributed by atoms with Gasteiger partial charge in [-0.1, -0.05) is 18.2 Å². The minimum atomic E-state index is -4.46. The molecule has 0 saturated heterocycles. The number of amides is 1. The summed E-state index contributed by atoms with van der Waals surface area (Å²) in [6, 6.07) is 5.18. The summed E-state index contributed by atoms with van der Waals surface area (Å²) in [5.41, 5.74) is -0.627. The molecule has 0 aromatic heterocycles. The molecule has 1 aliphatic carbocycles. The van der Waals surface area contributed by atoms with Gasteiger partial charge in [-0.25, -0.2) is 0 Å². The number of rotatable bonds is 4. The standard InChI is InChI=1S/C14H14F3NO3/c1-18(7-12(19)20)13(21)10-6-9(10)8-4-2-3-5-11(8)14(15,16)17/h2-5,9-10H,6-7H2,1H3,(H,19,20)/t9-,10+/m0/s1. The van der Waals surface area contributed by atoms with Crippen molar-refractivity contribution in [1.82, 2.24) is 4.90 Å². The summed E-state index contributed by atoms with van der Waals surface area (Å²) in [7, 11) is 1.33. The predicted molar refractivity (Wildman–Crippen MR) is 67.6 cm³/mol. The molecule has 7 heteroatoms. The Morgan fingerprint density at radius 1 is 1.33 bits per heavy atom. The van der Waals surface area contributed by atoms with Gasteiger partial charge in [0.05, 0.1) is 5.56 Å². The largest absolute Gasteiger partial charge is 0.480 e. The maximum atomic E-state index is 12.9. The lowest BCUT2D eigenvalue weighted by Gasteiger charge is -2.15. The van der Waals surface area contributed by atoms with E-state index in [4.69, 9.17) is 5.11 Å². The maximum Gasteiger partial charge on any atom is 0.416 e. The molecule has 0 spiro atoms. The number of carbonyl (C=O) groups is 2. The fourth-order valence-corrected chi connectivity index (χ4v) is 2.45. The van der Waals surface area contributed by atoms with Gasteiger partial charge in [0, 0.05) is 13.0 Å². The summed E-state index contributed by atoms with van der Waals surface area (Å²) in [6.07, 6.45) is -4.14. The molecule has 21 heavy (non-hydrogen) atoms. The van der Waals surface area contributed by atoms with Crippen LogP contribution in [0.15, 0.2) is 24.3 Å². The lowest BCUT2D eigenvalue weighted by Crippen LogP contribution is -2.33. The highest BCUT2D eigenvalue weighted by atomic mass is 19.4. The molecule has 1 aliphatic rings. The van der Waals surface area contributed by atoms with Crippen LogP contribution in [0.5, 0.6) is 0 Å². The van der Waals surface area contributed by atoms with E-state index in [-0.39, 0.29) is 5.56 Å². The van der Waals surface area contributed by atoms with E-state index in [1.165, 1.54) is 25.2 Å². The van der Waals surface area contributed by atoms with Crippen molar-refractivity contribution >= 4 is 11.9 Å². The van der Waals surface area contributed by atoms with Gasteiger partial charge in [0.15, 0.2) is 0 Å². The first-order chi connectivity index (χ1) is 9.71. The third kappa shape index (κ3) is 3.34. The van der Waals surface area contributed by atoms with Gasteiger partial charge < -0.3 is 10.0 Å². The second-order valence-corrected chi connectivity index (χ2v) is 5.12. The second-order valence-electron chi connectivity index (χ2n) is 5.12. The lowest BCUT2D eigenvalue weighted by atomic mass is 10.0. The number of likely N-dealkylation sites (N-methyl/N-ethyl adjacent to an activating group) is 1. The number of carboxylic acid groups (broad SMARTS) is 1. The number of hydrogen-bond donors (Lipinski definition) is 1. The molecule has 1 amide bonds. The van der Waals surface area contributed by atoms with E-state index in [0.717, 1.165) is 11.0 Å². The van der Waals surface area contributed by atoms with Crippen molar-refractivity contribution in [3.8, 4) is 0 Å². The summed E-state index contributed by atoms with van der Waals surface area (Å²) in [5.74, 6) is -2.65. The van der Waals surface area contributed by atoms with Crippen molar-refractivity contribution in [2.75, 3.05) is 13.6 Å². The van der Waals surface area contributed by atoms with Crippen LogP contribution in [-0.2, 0) is 15.8 Å². The first-order valence-corrected chi connectivity index (χ1v) is 6.34. The van der Waals surface area contributed by atoms with Gasteiger partial charge in [0.2, 0.25) is 5.91 Å². The molecule has 0 aliphatic heterocycles. The van der Waals surface area contributed by atoms with Crippen molar-refractivity contribution in [2.45, 2.75) is 18.5 Å². The van der Waals surface area contributed by atoms with Crippen LogP contribution in [0.3, 0.4) is 0 Å². The molecule has 1 aromatic rings. The number of hydrogen-bond acceptors (Lipinski definition) is 2. The molecule has 4 nitrogen and oxygen atoms in total. The summed E-state index contributed by atoms with van der Waals surface area (Å²) < 4.78 is 38.8. The van der Waals surface area contributed by atoms with Crippen molar-refractivity contribution in [3.05, 3.63) is 35.4 Å². The highest BCUT2D eigenvalue weighted by Crippen LogP contribution is 2.51. The minimum absolute atomic E-state index is 0.104. The average Bonchev–Trinajstić information content (AvgIpc) is 3.16. The lowest BCUT2D eigenvalue weighted by molar-refractivity contribution is -0.144. The third-order valence-electron chi connectivity index (χ3n) is 3.52.